The van der Waals surface area contributed by atoms with Gasteiger partial charge in [-0.3, -0.25) is 14.4 Å². The molecule has 1 aromatic carbocycles. The molecule has 5 aliphatic carbocycles. The molecule has 2 heterocycles. The molecule has 8 rings (SSSR count). The van der Waals surface area contributed by atoms with Gasteiger partial charge in [0.1, 0.15) is 11.8 Å². The van der Waals surface area contributed by atoms with Gasteiger partial charge in [-0.1, -0.05) is 19.9 Å². The first-order chi connectivity index (χ1) is 22.7. The van der Waals surface area contributed by atoms with Gasteiger partial charge in [-0.15, -0.1) is 0 Å². The van der Waals surface area contributed by atoms with Gasteiger partial charge in [-0.05, 0) is 144 Å². The van der Waals surface area contributed by atoms with Gasteiger partial charge in [0.25, 0.3) is 5.91 Å². The van der Waals surface area contributed by atoms with Gasteiger partial charge in [-0.2, -0.15) is 0 Å². The average molecular weight is 690 g/mol. The van der Waals surface area contributed by atoms with Gasteiger partial charge >= 0.3 is 17.1 Å². The number of benzene rings is 1. The van der Waals surface area contributed by atoms with Crippen molar-refractivity contribution in [2.24, 2.45) is 28.6 Å². The summed E-state index contributed by atoms with van der Waals surface area (Å²) in [4.78, 5) is 43.9. The van der Waals surface area contributed by atoms with Crippen LogP contribution in [0, 0.1) is 92.3 Å². The molecule has 0 bridgehead atoms. The maximum atomic E-state index is 14.0. The number of piperidine rings is 1. The van der Waals surface area contributed by atoms with Crippen molar-refractivity contribution in [3.8, 4) is 5.75 Å². The second kappa shape index (κ2) is 14.1. The Labute approximate surface area is 298 Å². The Bertz CT molecular complexity index is 1380. The van der Waals surface area contributed by atoms with E-state index in [1.807, 2.05) is 94.0 Å². The molecule has 7 aliphatic rings. The Morgan fingerprint density at radius 2 is 1.56 bits per heavy atom. The van der Waals surface area contributed by atoms with Crippen LogP contribution in [0.4, 0.5) is 5.69 Å². The minimum atomic E-state index is -0.605. The molecule has 10 radical (unpaired) electrons. The minimum Gasteiger partial charge on any atom is -0.497 e. The number of hydrogen-bond acceptors (Lipinski definition) is 4. The number of fused-ring (bicyclic) bond motifs is 5. The maximum absolute atomic E-state index is 14.0. The molecule has 2 saturated heterocycles. The molecule has 2 aliphatic heterocycles. The van der Waals surface area contributed by atoms with Crippen LogP contribution in [0.1, 0.15) is 58.8 Å². The zero-order valence-electron chi connectivity index (χ0n) is 28.4. The maximum Gasteiger partial charge on any atom is 2.00 e. The van der Waals surface area contributed by atoms with E-state index in [1.54, 1.807) is 12.0 Å². The van der Waals surface area contributed by atoms with E-state index < -0.39 is 6.04 Å². The SMILES string of the molecule is COc1ccc(N2C(=O)[C@H](NC(=O)C3=CC[C@H]4[C@@H]5CC[C@H]6N(C)C(=O)CC[C@]6(C)[C@H]5CC[C@]34C)[C@H]2[C]2[CH][CH][CH][CH]2)cc1.[CH]1[CH][CH][CH][CH]1.[Fe+2]. The van der Waals surface area contributed by atoms with E-state index in [1.165, 1.54) is 0 Å². The van der Waals surface area contributed by atoms with Crippen LogP contribution < -0.4 is 15.0 Å². The molecule has 3 amide bonds. The summed E-state index contributed by atoms with van der Waals surface area (Å²) in [5.41, 5.74) is 1.62. The number of rotatable bonds is 5. The Morgan fingerprint density at radius 3 is 2.21 bits per heavy atom. The van der Waals surface area contributed by atoms with E-state index in [0.717, 1.165) is 61.5 Å². The van der Waals surface area contributed by atoms with Gasteiger partial charge < -0.3 is 19.9 Å². The van der Waals surface area contributed by atoms with Crippen LogP contribution >= 0.6 is 0 Å². The van der Waals surface area contributed by atoms with E-state index in [9.17, 15) is 14.4 Å². The number of amides is 3. The van der Waals surface area contributed by atoms with Crippen molar-refractivity contribution in [1.29, 1.82) is 0 Å². The summed E-state index contributed by atoms with van der Waals surface area (Å²) in [6.07, 6.45) is 26.9. The van der Waals surface area contributed by atoms with Crippen LogP contribution in [0.5, 0.6) is 5.75 Å². The van der Waals surface area contributed by atoms with E-state index in [-0.39, 0.29) is 51.7 Å². The molecule has 252 valence electrons. The van der Waals surface area contributed by atoms with Crippen LogP contribution in [-0.4, -0.2) is 54.9 Å². The number of carbonyl (C=O) groups excluding carboxylic acids is 3. The fourth-order valence-electron chi connectivity index (χ4n) is 10.2. The van der Waals surface area contributed by atoms with Crippen molar-refractivity contribution in [2.75, 3.05) is 19.1 Å². The number of nitrogens with zero attached hydrogens (tertiary/aromatic N) is 2. The van der Waals surface area contributed by atoms with Crippen LogP contribution in [0.25, 0.3) is 0 Å². The van der Waals surface area contributed by atoms with Crippen molar-refractivity contribution in [1.82, 2.24) is 10.2 Å². The van der Waals surface area contributed by atoms with Crippen molar-refractivity contribution in [2.45, 2.75) is 76.9 Å². The van der Waals surface area contributed by atoms with Crippen LogP contribution in [0.2, 0.25) is 0 Å². The molecule has 0 spiro atoms. The third-order valence-electron chi connectivity index (χ3n) is 12.7. The number of allylic oxidation sites excluding steroid dienone is 1. The molecule has 0 unspecified atom stereocenters. The standard InChI is InChI=1S/C35H42N3O4.C5H5.Fe/c1-34-19-17-26-24(13-16-28-35(26,2)20-18-29(39)37(28)3)25(34)14-15-27(34)32(40)36-30-31(21-7-5-6-8-21)38(33(30)41)22-9-11-23(42-4)12-10-22;1-2-4-5-3-1;/h5-12,15,24-26,28,30-31H,13-14,16-20H2,1-4H3,(H,36,40);1-5H;/q;;+2/t24-,25-,26-,28+,30+,31+,34-,35+;;/m0../s1. The number of ether oxygens (including phenoxy) is 1. The molecule has 8 atom stereocenters. The summed E-state index contributed by atoms with van der Waals surface area (Å²) in [7, 11) is 3.62. The number of β-lactam (4-membered cyclic amide) rings is 1. The molecule has 6 fully saturated rings. The number of nitrogens with one attached hydrogen (secondary N) is 1. The molecular weight excluding hydrogens is 642 g/mol. The Kier molecular flexibility index (Phi) is 10.5. The Morgan fingerprint density at radius 1 is 0.896 bits per heavy atom. The van der Waals surface area contributed by atoms with Gasteiger partial charge in [0.05, 0.1) is 13.2 Å². The zero-order valence-corrected chi connectivity index (χ0v) is 29.5. The second-order valence-electron chi connectivity index (χ2n) is 14.8. The molecule has 1 aromatic rings. The van der Waals surface area contributed by atoms with Gasteiger partial charge in [0.15, 0.2) is 0 Å². The topological polar surface area (TPSA) is 79.0 Å². The minimum absolute atomic E-state index is 0. The Hall–Kier alpha value is -2.31. The number of carbonyl (C=O) groups is 3. The van der Waals surface area contributed by atoms with Gasteiger partial charge in [0, 0.05) is 42.1 Å². The van der Waals surface area contributed by atoms with Crippen LogP contribution in [0.15, 0.2) is 35.9 Å². The zero-order chi connectivity index (χ0) is 32.9. The normalized spacial score (nSPS) is 37.2. The Balaban J connectivity index is 0.000000615. The predicted molar refractivity (Wildman–Crippen MR) is 182 cm³/mol. The molecule has 7 nitrogen and oxygen atoms in total. The smallest absolute Gasteiger partial charge is 0.497 e. The van der Waals surface area contributed by atoms with E-state index in [0.29, 0.717) is 30.2 Å². The largest absolute Gasteiger partial charge is 2.00 e. The summed E-state index contributed by atoms with van der Waals surface area (Å²) in [6, 6.07) is 6.96. The van der Waals surface area contributed by atoms with E-state index in [2.05, 4.69) is 25.2 Å². The summed E-state index contributed by atoms with van der Waals surface area (Å²) in [5.74, 6) is 3.41. The first-order valence-corrected chi connectivity index (χ1v) is 17.3. The molecule has 48 heavy (non-hydrogen) atoms. The fourth-order valence-corrected chi connectivity index (χ4v) is 10.2. The fraction of sp³-hybridized carbons (Fsp3) is 0.475. The number of anilines is 1. The van der Waals surface area contributed by atoms with Crippen molar-refractivity contribution >= 4 is 23.4 Å². The first-order valence-electron chi connectivity index (χ1n) is 17.3. The predicted octanol–water partition coefficient (Wildman–Crippen LogP) is 5.72. The summed E-state index contributed by atoms with van der Waals surface area (Å²) < 4.78 is 5.30. The van der Waals surface area contributed by atoms with Crippen molar-refractivity contribution in [3.63, 3.8) is 0 Å². The van der Waals surface area contributed by atoms with Crippen molar-refractivity contribution in [3.05, 3.63) is 99.6 Å². The summed E-state index contributed by atoms with van der Waals surface area (Å²) in [6.45, 7) is 4.72. The quantitative estimate of drug-likeness (QED) is 0.317. The third-order valence-corrected chi connectivity index (χ3v) is 12.7. The second-order valence-corrected chi connectivity index (χ2v) is 14.8. The summed E-state index contributed by atoms with van der Waals surface area (Å²) >= 11 is 0. The van der Waals surface area contributed by atoms with Gasteiger partial charge in [-0.25, -0.2) is 0 Å². The molecule has 8 heteroatoms. The number of hydrogen-bond donors (Lipinski definition) is 1. The number of likely N-dealkylation sites (tertiary alicyclic amines) is 1. The number of methoxy groups -OCH3 is 1. The molecular formula is C40H47FeN3O4+2. The molecule has 1 N–H and O–H groups in total. The summed E-state index contributed by atoms with van der Waals surface area (Å²) in [5, 5.41) is 3.20. The monoisotopic (exact) mass is 689 g/mol. The molecule has 0 aromatic heterocycles. The third kappa shape index (κ3) is 5.95. The first kappa shape index (κ1) is 35.5. The van der Waals surface area contributed by atoms with Crippen molar-refractivity contribution < 1.29 is 36.2 Å². The van der Waals surface area contributed by atoms with Crippen LogP contribution in [0.3, 0.4) is 0 Å². The van der Waals surface area contributed by atoms with Gasteiger partial charge in [0.2, 0.25) is 11.8 Å². The van der Waals surface area contributed by atoms with E-state index in [4.69, 9.17) is 4.74 Å². The average Bonchev–Trinajstić information content (AvgIpc) is 3.88. The molecule has 4 saturated carbocycles. The van der Waals surface area contributed by atoms with Crippen LogP contribution in [-0.2, 0) is 31.5 Å². The van der Waals surface area contributed by atoms with E-state index >= 15 is 0 Å².